The van der Waals surface area contributed by atoms with Crippen molar-refractivity contribution in [3.8, 4) is 0 Å². The Hall–Kier alpha value is -5.33. The molecule has 0 radical (unpaired) electrons. The number of carbonyl (C=O) groups is 1. The normalized spacial score (nSPS) is 19.8. The molecule has 3 N–H and O–H groups in total. The lowest BCUT2D eigenvalue weighted by Gasteiger charge is -2.41. The summed E-state index contributed by atoms with van der Waals surface area (Å²) in [6.45, 7) is 11.7. The quantitative estimate of drug-likeness (QED) is 0.0407. The van der Waals surface area contributed by atoms with E-state index < -0.39 is 20.4 Å². The molecule has 4 aromatic rings. The van der Waals surface area contributed by atoms with E-state index in [9.17, 15) is 23.3 Å². The minimum atomic E-state index is -4.15. The molecule has 66 heavy (non-hydrogen) atoms. The maximum Gasteiger partial charge on any atom is 0.293 e. The first-order valence-electron chi connectivity index (χ1n) is 22.9. The van der Waals surface area contributed by atoms with Gasteiger partial charge in [0.15, 0.2) is 0 Å². The second-order valence-electron chi connectivity index (χ2n) is 17.9. The standard InChI is InChI=1S/C49H66N10O5S2/c1-38-49(23-27-55(38)5,48(60)50-24-11-25-56-30-28-54(4)29-31-56)44-14-9-10-15-46(44)58-34-32-57(33-35-58)41-18-16-39(17-19-41)52-66(63,64)43-20-21-45(47(36-43)59(61)62)51-40(22-26-53(2)3)37-65-42-12-7-6-8-13-42/h6-10,12-21,23,27,36,38,40,51-52H,11,22,24-26,28-35,37H2,1-5H3,(H,50,60). The number of sulfonamides is 1. The van der Waals surface area contributed by atoms with Crippen LogP contribution < -0.4 is 25.2 Å². The van der Waals surface area contributed by atoms with Gasteiger partial charge in [0.25, 0.3) is 15.7 Å². The average molecular weight is 939 g/mol. The molecule has 7 rings (SSSR count). The zero-order chi connectivity index (χ0) is 46.8. The van der Waals surface area contributed by atoms with Crippen LogP contribution in [-0.4, -0.2) is 157 Å². The van der Waals surface area contributed by atoms with Gasteiger partial charge in [-0.15, -0.1) is 11.8 Å². The summed E-state index contributed by atoms with van der Waals surface area (Å²) in [5.41, 5.74) is 2.47. The van der Waals surface area contributed by atoms with Crippen LogP contribution in [0.5, 0.6) is 0 Å². The topological polar surface area (TPSA) is 150 Å². The van der Waals surface area contributed by atoms with Crippen molar-refractivity contribution in [2.45, 2.75) is 47.1 Å². The molecule has 17 heteroatoms. The Morgan fingerprint density at radius 2 is 1.58 bits per heavy atom. The van der Waals surface area contributed by atoms with Crippen LogP contribution in [0.25, 0.3) is 0 Å². The number of anilines is 4. The van der Waals surface area contributed by atoms with Crippen molar-refractivity contribution in [1.82, 2.24) is 24.9 Å². The maximum absolute atomic E-state index is 14.4. The summed E-state index contributed by atoms with van der Waals surface area (Å²) >= 11 is 1.66. The van der Waals surface area contributed by atoms with E-state index in [1.165, 1.54) is 12.1 Å². The van der Waals surface area contributed by atoms with Crippen molar-refractivity contribution in [1.29, 1.82) is 0 Å². The summed E-state index contributed by atoms with van der Waals surface area (Å²) in [6, 6.07) is 29.3. The van der Waals surface area contributed by atoms with E-state index in [0.29, 0.717) is 18.0 Å². The zero-order valence-corrected chi connectivity index (χ0v) is 40.6. The third-order valence-corrected chi connectivity index (χ3v) is 15.7. The Balaban J connectivity index is 0.974. The second-order valence-corrected chi connectivity index (χ2v) is 20.7. The summed E-state index contributed by atoms with van der Waals surface area (Å²) in [5, 5.41) is 19.0. The lowest BCUT2D eigenvalue weighted by molar-refractivity contribution is -0.384. The van der Waals surface area contributed by atoms with E-state index in [-0.39, 0.29) is 34.3 Å². The SMILES string of the molecule is CC1N(C)C=CC1(C(=O)NCCCN1CCN(C)CC1)c1ccccc1N1CCN(c2ccc(NS(=O)(=O)c3ccc(NC(CCN(C)C)CSc4ccccc4)c([N+](=O)[O-])c3)cc2)CC1. The Labute approximate surface area is 395 Å². The highest BCUT2D eigenvalue weighted by molar-refractivity contribution is 7.99. The van der Waals surface area contributed by atoms with Gasteiger partial charge in [-0.05, 0) is 126 Å². The summed E-state index contributed by atoms with van der Waals surface area (Å²) in [6.07, 6.45) is 5.74. The van der Waals surface area contributed by atoms with E-state index in [4.69, 9.17) is 0 Å². The average Bonchev–Trinajstić information content (AvgIpc) is 3.63. The highest BCUT2D eigenvalue weighted by Gasteiger charge is 2.49. The van der Waals surface area contributed by atoms with Gasteiger partial charge in [0, 0.05) is 112 Å². The molecular formula is C49H66N10O5S2. The first kappa shape index (κ1) is 48.6. The Morgan fingerprint density at radius 1 is 0.894 bits per heavy atom. The number of nitro groups is 1. The number of para-hydroxylation sites is 1. The number of rotatable bonds is 20. The zero-order valence-electron chi connectivity index (χ0n) is 38.9. The fourth-order valence-corrected chi connectivity index (χ4v) is 11.1. The van der Waals surface area contributed by atoms with Gasteiger partial charge in [-0.1, -0.05) is 36.4 Å². The smallest absolute Gasteiger partial charge is 0.293 e. The van der Waals surface area contributed by atoms with Crippen molar-refractivity contribution in [2.24, 2.45) is 0 Å². The molecular weight excluding hydrogens is 873 g/mol. The van der Waals surface area contributed by atoms with Crippen LogP contribution in [0.2, 0.25) is 0 Å². The first-order chi connectivity index (χ1) is 31.7. The predicted molar refractivity (Wildman–Crippen MR) is 269 cm³/mol. The molecule has 3 aliphatic rings. The molecule has 3 heterocycles. The highest BCUT2D eigenvalue weighted by Crippen LogP contribution is 2.42. The molecule has 3 aliphatic heterocycles. The van der Waals surface area contributed by atoms with Gasteiger partial charge in [-0.25, -0.2) is 8.42 Å². The Morgan fingerprint density at radius 3 is 2.24 bits per heavy atom. The number of nitro benzene ring substituents is 1. The molecule has 3 unspecified atom stereocenters. The fraction of sp³-hybridized carbons (Fsp3) is 0.449. The van der Waals surface area contributed by atoms with Gasteiger partial charge in [0.1, 0.15) is 11.1 Å². The van der Waals surface area contributed by atoms with Gasteiger partial charge in [0.2, 0.25) is 5.91 Å². The predicted octanol–water partition coefficient (Wildman–Crippen LogP) is 6.09. The molecule has 1 amide bonds. The number of hydrogen-bond donors (Lipinski definition) is 3. The minimum absolute atomic E-state index is 0.0248. The van der Waals surface area contributed by atoms with Gasteiger partial charge in [0.05, 0.1) is 9.82 Å². The summed E-state index contributed by atoms with van der Waals surface area (Å²) in [5.74, 6) is 0.696. The molecule has 0 aliphatic carbocycles. The van der Waals surface area contributed by atoms with Gasteiger partial charge >= 0.3 is 0 Å². The third kappa shape index (κ3) is 11.8. The number of nitrogens with zero attached hydrogens (tertiary/aromatic N) is 7. The third-order valence-electron chi connectivity index (χ3n) is 13.2. The van der Waals surface area contributed by atoms with E-state index in [1.54, 1.807) is 23.9 Å². The van der Waals surface area contributed by atoms with E-state index >= 15 is 0 Å². The summed E-state index contributed by atoms with van der Waals surface area (Å²) in [4.78, 5) is 40.7. The Kier molecular flexibility index (Phi) is 16.2. The summed E-state index contributed by atoms with van der Waals surface area (Å²) in [7, 11) is 4.00. The lowest BCUT2D eigenvalue weighted by Crippen LogP contribution is -2.53. The largest absolute Gasteiger partial charge is 0.376 e. The molecule has 354 valence electrons. The number of nitrogens with one attached hydrogen (secondary N) is 3. The van der Waals surface area contributed by atoms with Gasteiger partial charge < -0.3 is 40.0 Å². The van der Waals surface area contributed by atoms with Crippen molar-refractivity contribution in [2.75, 3.05) is 126 Å². The molecule has 0 bridgehead atoms. The molecule has 2 fully saturated rings. The van der Waals surface area contributed by atoms with Crippen LogP contribution in [-0.2, 0) is 20.2 Å². The number of benzene rings is 4. The molecule has 3 atom stereocenters. The van der Waals surface area contributed by atoms with Crippen molar-refractivity contribution >= 4 is 56.1 Å². The van der Waals surface area contributed by atoms with Crippen LogP contribution in [0, 0.1) is 10.1 Å². The molecule has 4 aromatic carbocycles. The fourth-order valence-electron chi connectivity index (χ4n) is 9.01. The van der Waals surface area contributed by atoms with Crippen molar-refractivity contribution < 1.29 is 18.1 Å². The number of thioether (sulfide) groups is 1. The number of carbonyl (C=O) groups excluding carboxylic acids is 1. The van der Waals surface area contributed by atoms with Crippen molar-refractivity contribution in [3.63, 3.8) is 0 Å². The van der Waals surface area contributed by atoms with E-state index in [1.807, 2.05) is 81.9 Å². The van der Waals surface area contributed by atoms with Crippen LogP contribution in [0.4, 0.5) is 28.4 Å². The van der Waals surface area contributed by atoms with Crippen LogP contribution >= 0.6 is 11.8 Å². The van der Waals surface area contributed by atoms with Gasteiger partial charge in [-0.2, -0.15) is 0 Å². The van der Waals surface area contributed by atoms with Crippen molar-refractivity contribution in [3.05, 3.63) is 125 Å². The molecule has 0 aromatic heterocycles. The number of hydrogen-bond acceptors (Lipinski definition) is 13. The van der Waals surface area contributed by atoms with Crippen LogP contribution in [0.3, 0.4) is 0 Å². The second kappa shape index (κ2) is 22.0. The van der Waals surface area contributed by atoms with Crippen LogP contribution in [0.15, 0.2) is 119 Å². The minimum Gasteiger partial charge on any atom is -0.376 e. The van der Waals surface area contributed by atoms with Crippen LogP contribution in [0.1, 0.15) is 25.3 Å². The first-order valence-corrected chi connectivity index (χ1v) is 25.4. The molecule has 15 nitrogen and oxygen atoms in total. The van der Waals surface area contributed by atoms with Gasteiger partial charge in [-0.3, -0.25) is 19.6 Å². The molecule has 2 saturated heterocycles. The van der Waals surface area contributed by atoms with E-state index in [2.05, 4.69) is 76.9 Å². The molecule has 0 saturated carbocycles. The highest BCUT2D eigenvalue weighted by atomic mass is 32.2. The summed E-state index contributed by atoms with van der Waals surface area (Å²) < 4.78 is 29.9. The maximum atomic E-state index is 14.4. The number of likely N-dealkylation sites (N-methyl/N-ethyl adjacent to an activating group) is 2. The molecule has 0 spiro atoms. The monoisotopic (exact) mass is 938 g/mol. The lowest BCUT2D eigenvalue weighted by atomic mass is 9.74. The number of piperazine rings is 2. The van der Waals surface area contributed by atoms with E-state index in [0.717, 1.165) is 106 Å². The Bertz CT molecular complexity index is 2390. The number of amides is 1.